The molecule has 3 N–H and O–H groups in total. The van der Waals surface area contributed by atoms with Crippen molar-refractivity contribution < 1.29 is 27.4 Å². The summed E-state index contributed by atoms with van der Waals surface area (Å²) < 4.78 is 45.6. The van der Waals surface area contributed by atoms with E-state index in [2.05, 4.69) is 24.7 Å². The molecule has 3 aromatic rings. The lowest BCUT2D eigenvalue weighted by molar-refractivity contribution is -0.175. The number of hydrogen-bond acceptors (Lipinski definition) is 6. The Balaban J connectivity index is 1.65. The fraction of sp³-hybridized carbons (Fsp3) is 0.222. The summed E-state index contributed by atoms with van der Waals surface area (Å²) in [5.74, 6) is -0.336. The molecule has 0 aromatic carbocycles. The van der Waals surface area contributed by atoms with Crippen LogP contribution in [0.3, 0.4) is 0 Å². The minimum atomic E-state index is -4.36. The third-order valence-corrected chi connectivity index (χ3v) is 3.61. The van der Waals surface area contributed by atoms with Gasteiger partial charge >= 0.3 is 6.18 Å². The van der Waals surface area contributed by atoms with Gasteiger partial charge in [-0.05, 0) is 12.1 Å². The zero-order chi connectivity index (χ0) is 20.9. The normalized spacial score (nSPS) is 12.0. The maximum absolute atomic E-state index is 12.0. The van der Waals surface area contributed by atoms with E-state index in [0.29, 0.717) is 28.0 Å². The van der Waals surface area contributed by atoms with Crippen molar-refractivity contribution in [2.45, 2.75) is 6.18 Å². The third-order valence-electron chi connectivity index (χ3n) is 3.61. The molecule has 0 aliphatic heterocycles. The molecule has 0 radical (unpaired) electrons. The van der Waals surface area contributed by atoms with Gasteiger partial charge in [-0.25, -0.2) is 15.0 Å². The Hall–Kier alpha value is -3.47. The number of alkyl halides is 3. The Bertz CT molecular complexity index is 1020. The molecule has 0 aliphatic rings. The average molecular weight is 407 g/mol. The summed E-state index contributed by atoms with van der Waals surface area (Å²) in [7, 11) is 0. The van der Waals surface area contributed by atoms with Gasteiger partial charge in [0.15, 0.2) is 5.65 Å². The zero-order valence-electron chi connectivity index (χ0n) is 14.9. The second-order valence-corrected chi connectivity index (χ2v) is 5.83. The molecule has 29 heavy (non-hydrogen) atoms. The molecule has 0 atom stereocenters. The Morgan fingerprint density at radius 1 is 1.21 bits per heavy atom. The maximum Gasteiger partial charge on any atom is 0.411 e. The first-order valence-electron chi connectivity index (χ1n) is 8.37. The standard InChI is InChI=1S/C18H16F3N5O3/c19-18(20,21)10-28-5-6-29-15-4-2-11(7-23-15)13-9-25-17-16(26-13)12(8-24-17)1-3-14(22)27/h1-4,7-9H,5-6,10H2,(H2,22,27)(H,24,25). The molecule has 8 nitrogen and oxygen atoms in total. The van der Waals surface area contributed by atoms with Gasteiger partial charge in [0.25, 0.3) is 0 Å². The monoisotopic (exact) mass is 407 g/mol. The number of nitrogens with zero attached hydrogens (tertiary/aromatic N) is 3. The number of hydrogen-bond donors (Lipinski definition) is 2. The number of fused-ring (bicyclic) bond motifs is 1. The van der Waals surface area contributed by atoms with Gasteiger partial charge in [0.1, 0.15) is 18.7 Å². The highest BCUT2D eigenvalue weighted by Gasteiger charge is 2.27. The van der Waals surface area contributed by atoms with Crippen LogP contribution in [0.1, 0.15) is 5.56 Å². The number of ether oxygens (including phenoxy) is 2. The molecule has 3 heterocycles. The molecule has 3 aromatic heterocycles. The van der Waals surface area contributed by atoms with Crippen LogP contribution in [-0.2, 0) is 9.53 Å². The van der Waals surface area contributed by atoms with E-state index in [1.807, 2.05) is 0 Å². The van der Waals surface area contributed by atoms with Gasteiger partial charge in [0.05, 0.1) is 18.5 Å². The minimum Gasteiger partial charge on any atom is -0.475 e. The number of aromatic nitrogens is 4. The van der Waals surface area contributed by atoms with E-state index in [4.69, 9.17) is 10.5 Å². The highest BCUT2D eigenvalue weighted by molar-refractivity contribution is 5.93. The molecule has 0 saturated heterocycles. The van der Waals surface area contributed by atoms with Crippen LogP contribution in [-0.4, -0.2) is 51.8 Å². The molecule has 152 valence electrons. The summed E-state index contributed by atoms with van der Waals surface area (Å²) in [5.41, 5.74) is 8.06. The highest BCUT2D eigenvalue weighted by atomic mass is 19.4. The Morgan fingerprint density at radius 2 is 2.03 bits per heavy atom. The maximum atomic E-state index is 12.0. The van der Waals surface area contributed by atoms with Crippen LogP contribution in [0, 0.1) is 0 Å². The summed E-state index contributed by atoms with van der Waals surface area (Å²) in [5, 5.41) is 0. The lowest BCUT2D eigenvalue weighted by Crippen LogP contribution is -2.19. The van der Waals surface area contributed by atoms with Crippen LogP contribution in [0.4, 0.5) is 13.2 Å². The molecule has 0 fully saturated rings. The number of rotatable bonds is 8. The van der Waals surface area contributed by atoms with E-state index in [1.54, 1.807) is 24.5 Å². The summed E-state index contributed by atoms with van der Waals surface area (Å²) >= 11 is 0. The van der Waals surface area contributed by atoms with Crippen LogP contribution in [0.5, 0.6) is 5.88 Å². The second-order valence-electron chi connectivity index (χ2n) is 5.83. The van der Waals surface area contributed by atoms with Gasteiger partial charge in [-0.1, -0.05) is 0 Å². The Morgan fingerprint density at radius 3 is 2.72 bits per heavy atom. The summed E-state index contributed by atoms with van der Waals surface area (Å²) in [6.07, 6.45) is 3.12. The quantitative estimate of drug-likeness (QED) is 0.438. The van der Waals surface area contributed by atoms with Crippen molar-refractivity contribution in [3.05, 3.63) is 42.4 Å². The lowest BCUT2D eigenvalue weighted by atomic mass is 10.2. The number of carbonyl (C=O) groups excluding carboxylic acids is 1. The molecule has 1 amide bonds. The van der Waals surface area contributed by atoms with Crippen molar-refractivity contribution in [3.8, 4) is 17.1 Å². The second kappa shape index (κ2) is 8.69. The SMILES string of the molecule is NC(=O)C=Cc1c[nH]c2ncc(-c3ccc(OCCOCC(F)(F)F)nc3)nc12. The average Bonchev–Trinajstić information content (AvgIpc) is 3.08. The van der Waals surface area contributed by atoms with Crippen LogP contribution >= 0.6 is 0 Å². The van der Waals surface area contributed by atoms with Gasteiger partial charge in [-0.3, -0.25) is 4.79 Å². The summed E-state index contributed by atoms with van der Waals surface area (Å²) in [4.78, 5) is 26.8. The first kappa shape index (κ1) is 20.3. The summed E-state index contributed by atoms with van der Waals surface area (Å²) in [6, 6.07) is 3.26. The van der Waals surface area contributed by atoms with Crippen LogP contribution in [0.15, 0.2) is 36.8 Å². The topological polar surface area (TPSA) is 116 Å². The van der Waals surface area contributed by atoms with Crippen molar-refractivity contribution in [3.63, 3.8) is 0 Å². The largest absolute Gasteiger partial charge is 0.475 e. The zero-order valence-corrected chi connectivity index (χ0v) is 14.9. The van der Waals surface area contributed by atoms with E-state index in [9.17, 15) is 18.0 Å². The number of nitrogens with one attached hydrogen (secondary N) is 1. The van der Waals surface area contributed by atoms with E-state index < -0.39 is 18.7 Å². The number of nitrogens with two attached hydrogens (primary N) is 1. The van der Waals surface area contributed by atoms with E-state index in [0.717, 1.165) is 0 Å². The molecule has 11 heteroatoms. The molecule has 0 saturated carbocycles. The minimum absolute atomic E-state index is 0.0624. The van der Waals surface area contributed by atoms with Crippen LogP contribution in [0.25, 0.3) is 28.5 Å². The fourth-order valence-electron chi connectivity index (χ4n) is 2.36. The molecule has 0 bridgehead atoms. The lowest BCUT2D eigenvalue weighted by Gasteiger charge is -2.08. The molecule has 0 spiro atoms. The third kappa shape index (κ3) is 5.75. The summed E-state index contributed by atoms with van der Waals surface area (Å²) in [6.45, 7) is -1.59. The van der Waals surface area contributed by atoms with Crippen molar-refractivity contribution in [2.75, 3.05) is 19.8 Å². The predicted molar refractivity (Wildman–Crippen MR) is 97.7 cm³/mol. The number of aromatic amines is 1. The number of primary amides is 1. The number of carbonyl (C=O) groups is 1. The van der Waals surface area contributed by atoms with Crippen LogP contribution in [0.2, 0.25) is 0 Å². The molecule has 0 unspecified atom stereocenters. The van der Waals surface area contributed by atoms with Crippen molar-refractivity contribution >= 4 is 23.1 Å². The number of H-pyrrole nitrogens is 1. The van der Waals surface area contributed by atoms with Gasteiger partial charge in [-0.2, -0.15) is 13.2 Å². The van der Waals surface area contributed by atoms with Crippen molar-refractivity contribution in [2.24, 2.45) is 5.73 Å². The van der Waals surface area contributed by atoms with Gasteiger partial charge in [0, 0.05) is 35.7 Å². The fourth-order valence-corrected chi connectivity index (χ4v) is 2.36. The van der Waals surface area contributed by atoms with Gasteiger partial charge in [-0.15, -0.1) is 0 Å². The van der Waals surface area contributed by atoms with E-state index in [1.165, 1.54) is 18.3 Å². The van der Waals surface area contributed by atoms with E-state index >= 15 is 0 Å². The number of pyridine rings is 1. The van der Waals surface area contributed by atoms with Crippen LogP contribution < -0.4 is 10.5 Å². The number of halogens is 3. The molecule has 0 aliphatic carbocycles. The van der Waals surface area contributed by atoms with Gasteiger partial charge < -0.3 is 20.2 Å². The predicted octanol–water partition coefficient (Wildman–Crippen LogP) is 2.48. The molecular formula is C18H16F3N5O3. The first-order valence-corrected chi connectivity index (χ1v) is 8.37. The Kier molecular flexibility index (Phi) is 6.07. The van der Waals surface area contributed by atoms with Crippen molar-refractivity contribution in [1.29, 1.82) is 0 Å². The number of amides is 1. The smallest absolute Gasteiger partial charge is 0.411 e. The van der Waals surface area contributed by atoms with E-state index in [-0.39, 0.29) is 19.1 Å². The Labute approximate surface area is 162 Å². The van der Waals surface area contributed by atoms with Gasteiger partial charge in [0.2, 0.25) is 11.8 Å². The molecule has 3 rings (SSSR count). The highest BCUT2D eigenvalue weighted by Crippen LogP contribution is 2.22. The van der Waals surface area contributed by atoms with Crippen molar-refractivity contribution in [1.82, 2.24) is 19.9 Å². The molecular weight excluding hydrogens is 391 g/mol. The first-order chi connectivity index (χ1) is 13.8.